The Morgan fingerprint density at radius 2 is 2.00 bits per heavy atom. The first-order valence-electron chi connectivity index (χ1n) is 6.08. The maximum Gasteiger partial charge on any atom is 0.255 e. The van der Waals surface area contributed by atoms with Crippen molar-refractivity contribution in [3.63, 3.8) is 0 Å². The summed E-state index contributed by atoms with van der Waals surface area (Å²) >= 11 is 0. The third-order valence-corrected chi connectivity index (χ3v) is 4.28. The van der Waals surface area contributed by atoms with Crippen LogP contribution < -0.4 is 5.14 Å². The molecule has 0 aliphatic carbocycles. The Morgan fingerprint density at radius 3 is 2.52 bits per heavy atom. The van der Waals surface area contributed by atoms with Gasteiger partial charge in [0.1, 0.15) is 0 Å². The molecule has 116 valence electrons. The van der Waals surface area contributed by atoms with E-state index in [0.29, 0.717) is 25.1 Å². The van der Waals surface area contributed by atoms with Crippen molar-refractivity contribution in [2.45, 2.75) is 17.4 Å². The van der Waals surface area contributed by atoms with E-state index >= 15 is 0 Å². The molecule has 1 aliphatic heterocycles. The van der Waals surface area contributed by atoms with Crippen LogP contribution in [0.5, 0.6) is 0 Å². The van der Waals surface area contributed by atoms with Crippen LogP contribution in [0.2, 0.25) is 0 Å². The van der Waals surface area contributed by atoms with Crippen molar-refractivity contribution in [3.05, 3.63) is 29.3 Å². The first kappa shape index (κ1) is 15.8. The summed E-state index contributed by atoms with van der Waals surface area (Å²) in [5.41, 5.74) is -0.479. The number of carbonyl (C=O) groups is 1. The van der Waals surface area contributed by atoms with E-state index in [4.69, 9.17) is 9.88 Å². The summed E-state index contributed by atoms with van der Waals surface area (Å²) in [5.74, 6) is -3.42. The Bertz CT molecular complexity index is 678. The van der Waals surface area contributed by atoms with Crippen molar-refractivity contribution in [2.75, 3.05) is 20.2 Å². The molecule has 0 spiro atoms. The van der Waals surface area contributed by atoms with Crippen molar-refractivity contribution >= 4 is 15.9 Å². The number of rotatable bonds is 3. The highest BCUT2D eigenvalue weighted by molar-refractivity contribution is 7.89. The summed E-state index contributed by atoms with van der Waals surface area (Å²) in [5, 5.41) is 4.95. The van der Waals surface area contributed by atoms with Gasteiger partial charge < -0.3 is 9.64 Å². The molecule has 0 radical (unpaired) electrons. The number of primary sulfonamides is 1. The monoisotopic (exact) mass is 320 g/mol. The molecule has 21 heavy (non-hydrogen) atoms. The number of carbonyl (C=O) groups excluding carboxylic acids is 1. The summed E-state index contributed by atoms with van der Waals surface area (Å²) in [6.07, 6.45) is 0.411. The second-order valence-corrected chi connectivity index (χ2v) is 6.23. The zero-order chi connectivity index (χ0) is 15.8. The molecule has 1 unspecified atom stereocenters. The molecule has 0 aromatic heterocycles. The lowest BCUT2D eigenvalue weighted by Crippen LogP contribution is -2.32. The van der Waals surface area contributed by atoms with E-state index in [9.17, 15) is 22.0 Å². The van der Waals surface area contributed by atoms with Crippen molar-refractivity contribution in [1.82, 2.24) is 4.90 Å². The average molecular weight is 320 g/mol. The molecule has 1 saturated heterocycles. The SMILES string of the molecule is COC1CCN(C(=O)c2cc(F)c(F)cc2S(N)(=O)=O)C1. The van der Waals surface area contributed by atoms with Gasteiger partial charge in [-0.3, -0.25) is 4.79 Å². The molecule has 2 N–H and O–H groups in total. The van der Waals surface area contributed by atoms with Gasteiger partial charge in [0.15, 0.2) is 11.6 Å². The molecule has 1 amide bonds. The Hall–Kier alpha value is -1.58. The second kappa shape index (κ2) is 5.66. The highest BCUT2D eigenvalue weighted by Crippen LogP contribution is 2.23. The number of hydrogen-bond donors (Lipinski definition) is 1. The largest absolute Gasteiger partial charge is 0.380 e. The molecule has 1 heterocycles. The topological polar surface area (TPSA) is 89.7 Å². The minimum Gasteiger partial charge on any atom is -0.380 e. The highest BCUT2D eigenvalue weighted by atomic mass is 32.2. The molecule has 6 nitrogen and oxygen atoms in total. The molecule has 1 aromatic rings. The van der Waals surface area contributed by atoms with E-state index in [1.165, 1.54) is 12.0 Å². The maximum absolute atomic E-state index is 13.3. The number of ether oxygens (including phenoxy) is 1. The van der Waals surface area contributed by atoms with Crippen LogP contribution in [0.25, 0.3) is 0 Å². The fourth-order valence-electron chi connectivity index (χ4n) is 2.21. The smallest absolute Gasteiger partial charge is 0.255 e. The number of amides is 1. The molecular weight excluding hydrogens is 306 g/mol. The number of nitrogens with zero attached hydrogens (tertiary/aromatic N) is 1. The van der Waals surface area contributed by atoms with E-state index < -0.39 is 38.0 Å². The number of halogens is 2. The van der Waals surface area contributed by atoms with Gasteiger partial charge in [0.05, 0.1) is 16.6 Å². The summed E-state index contributed by atoms with van der Waals surface area (Å²) in [7, 11) is -2.86. The molecule has 0 bridgehead atoms. The van der Waals surface area contributed by atoms with Gasteiger partial charge in [0.2, 0.25) is 10.0 Å². The fraction of sp³-hybridized carbons (Fsp3) is 0.417. The van der Waals surface area contributed by atoms with Crippen LogP contribution in [0.3, 0.4) is 0 Å². The zero-order valence-electron chi connectivity index (χ0n) is 11.2. The number of likely N-dealkylation sites (tertiary alicyclic amines) is 1. The van der Waals surface area contributed by atoms with Crippen LogP contribution in [0.4, 0.5) is 8.78 Å². The highest BCUT2D eigenvalue weighted by Gasteiger charge is 2.31. The molecule has 9 heteroatoms. The maximum atomic E-state index is 13.3. The van der Waals surface area contributed by atoms with Gasteiger partial charge in [-0.15, -0.1) is 0 Å². The van der Waals surface area contributed by atoms with Gasteiger partial charge >= 0.3 is 0 Å². The van der Waals surface area contributed by atoms with Gasteiger partial charge in [-0.2, -0.15) is 0 Å². The van der Waals surface area contributed by atoms with Crippen LogP contribution in [-0.4, -0.2) is 45.5 Å². The van der Waals surface area contributed by atoms with Gasteiger partial charge in [0, 0.05) is 20.2 Å². The van der Waals surface area contributed by atoms with E-state index in [-0.39, 0.29) is 12.6 Å². The van der Waals surface area contributed by atoms with Gasteiger partial charge in [-0.1, -0.05) is 0 Å². The third-order valence-electron chi connectivity index (χ3n) is 3.32. The van der Waals surface area contributed by atoms with Crippen LogP contribution >= 0.6 is 0 Å². The van der Waals surface area contributed by atoms with Crippen molar-refractivity contribution in [1.29, 1.82) is 0 Å². The zero-order valence-corrected chi connectivity index (χ0v) is 12.0. The molecular formula is C12H14F2N2O4S. The Balaban J connectivity index is 2.43. The fourth-order valence-corrected chi connectivity index (χ4v) is 2.93. The molecule has 1 fully saturated rings. The Morgan fingerprint density at radius 1 is 1.38 bits per heavy atom. The minimum absolute atomic E-state index is 0.169. The van der Waals surface area contributed by atoms with Gasteiger partial charge in [0.25, 0.3) is 5.91 Å². The van der Waals surface area contributed by atoms with Crippen LogP contribution in [0, 0.1) is 11.6 Å². The first-order chi connectivity index (χ1) is 9.74. The van der Waals surface area contributed by atoms with Gasteiger partial charge in [-0.25, -0.2) is 22.3 Å². The van der Waals surface area contributed by atoms with Crippen molar-refractivity contribution in [3.8, 4) is 0 Å². The molecule has 1 atom stereocenters. The quantitative estimate of drug-likeness (QED) is 0.877. The number of methoxy groups -OCH3 is 1. The molecule has 1 aromatic carbocycles. The summed E-state index contributed by atoms with van der Waals surface area (Å²) < 4.78 is 54.5. The van der Waals surface area contributed by atoms with E-state index in [1.54, 1.807) is 0 Å². The Kier molecular flexibility index (Phi) is 4.26. The first-order valence-corrected chi connectivity index (χ1v) is 7.62. The Labute approximate surface area is 120 Å². The summed E-state index contributed by atoms with van der Waals surface area (Å²) in [4.78, 5) is 12.9. The van der Waals surface area contributed by atoms with Gasteiger partial charge in [-0.05, 0) is 18.6 Å². The third kappa shape index (κ3) is 3.20. The summed E-state index contributed by atoms with van der Waals surface area (Å²) in [6, 6.07) is 0.972. The molecule has 2 rings (SSSR count). The number of sulfonamides is 1. The second-order valence-electron chi connectivity index (χ2n) is 4.71. The van der Waals surface area contributed by atoms with E-state index in [1.807, 2.05) is 0 Å². The normalized spacial score (nSPS) is 19.0. The predicted molar refractivity (Wildman–Crippen MR) is 69.0 cm³/mol. The lowest BCUT2D eigenvalue weighted by atomic mass is 10.2. The van der Waals surface area contributed by atoms with Crippen LogP contribution in [-0.2, 0) is 14.8 Å². The van der Waals surface area contributed by atoms with Crippen LogP contribution in [0.15, 0.2) is 17.0 Å². The average Bonchev–Trinajstić information content (AvgIpc) is 2.88. The number of hydrogen-bond acceptors (Lipinski definition) is 4. The number of benzene rings is 1. The van der Waals surface area contributed by atoms with Crippen molar-refractivity contribution < 1.29 is 26.7 Å². The summed E-state index contributed by atoms with van der Waals surface area (Å²) in [6.45, 7) is 0.582. The standard InChI is InChI=1S/C12H14F2N2O4S/c1-20-7-2-3-16(6-7)12(17)8-4-9(13)10(14)5-11(8)21(15,18)19/h4-5,7H,2-3,6H2,1H3,(H2,15,18,19). The van der Waals surface area contributed by atoms with E-state index in [0.717, 1.165) is 0 Å². The van der Waals surface area contributed by atoms with Crippen LogP contribution in [0.1, 0.15) is 16.8 Å². The molecule has 1 aliphatic rings. The number of nitrogens with two attached hydrogens (primary N) is 1. The lowest BCUT2D eigenvalue weighted by molar-refractivity contribution is 0.0720. The molecule has 0 saturated carbocycles. The van der Waals surface area contributed by atoms with E-state index in [2.05, 4.69) is 0 Å². The predicted octanol–water partition coefficient (Wildman–Crippen LogP) is 0.473. The minimum atomic E-state index is -4.35. The van der Waals surface area contributed by atoms with Crippen molar-refractivity contribution in [2.24, 2.45) is 5.14 Å². The lowest BCUT2D eigenvalue weighted by Gasteiger charge is -2.18.